The molecule has 0 saturated heterocycles. The molecule has 2 atom stereocenters. The van der Waals surface area contributed by atoms with Crippen molar-refractivity contribution in [3.8, 4) is 11.5 Å². The minimum Gasteiger partial charge on any atom is -0.497 e. The van der Waals surface area contributed by atoms with Gasteiger partial charge in [-0.3, -0.25) is 9.69 Å². The van der Waals surface area contributed by atoms with Crippen LogP contribution in [0.15, 0.2) is 18.2 Å². The van der Waals surface area contributed by atoms with Crippen LogP contribution in [0.5, 0.6) is 11.5 Å². The number of benzene rings is 1. The zero-order chi connectivity index (χ0) is 29.6. The van der Waals surface area contributed by atoms with Crippen molar-refractivity contribution >= 4 is 29.4 Å². The van der Waals surface area contributed by atoms with Crippen molar-refractivity contribution in [2.45, 2.75) is 90.0 Å². The molecule has 1 aromatic carbocycles. The fraction of sp³-hybridized carbons (Fsp3) is 0.552. The Labute approximate surface area is 239 Å². The van der Waals surface area contributed by atoms with Crippen molar-refractivity contribution < 1.29 is 28.6 Å². The Hall–Kier alpha value is -3.27. The number of fused-ring (bicyclic) bond motifs is 1. The molecule has 0 spiro atoms. The molecule has 1 aliphatic carbocycles. The highest BCUT2D eigenvalue weighted by Gasteiger charge is 2.48. The molecule has 40 heavy (non-hydrogen) atoms. The van der Waals surface area contributed by atoms with Gasteiger partial charge in [0.05, 0.1) is 37.9 Å². The van der Waals surface area contributed by atoms with Crippen LogP contribution < -0.4 is 14.8 Å². The Bertz CT molecular complexity index is 1310. The molecule has 1 saturated carbocycles. The molecule has 1 fully saturated rings. The SMILES string of the molecule is COc1ccc(CN2C(=O)c3c(Cl)nc(N[C@@H]4CCCC[C@@H]4N(C(=O)O)C(C)(C)C)c(F)c3C2(C)C)c(OC)c1. The predicted octanol–water partition coefficient (Wildman–Crippen LogP) is 6.28. The normalized spacial score (nSPS) is 20.2. The van der Waals surface area contributed by atoms with Crippen molar-refractivity contribution in [1.29, 1.82) is 0 Å². The standard InChI is InChI=1S/C29H38ClFN4O5/c1-28(2,3)35(27(37)38)19-11-9-8-10-18(19)32-25-23(31)22-21(24(30)33-25)26(36)34(29(22,4)5)15-16-12-13-17(39-6)14-20(16)40-7/h12-14,18-19H,8-11,15H2,1-7H3,(H,32,33)(H,37,38)/t18-,19+/m1/s1. The summed E-state index contributed by atoms with van der Waals surface area (Å²) in [6, 6.07) is 4.55. The lowest BCUT2D eigenvalue weighted by Gasteiger charge is -2.45. The van der Waals surface area contributed by atoms with Crippen molar-refractivity contribution in [3.05, 3.63) is 45.9 Å². The van der Waals surface area contributed by atoms with Crippen molar-refractivity contribution in [3.63, 3.8) is 0 Å². The van der Waals surface area contributed by atoms with E-state index in [0.717, 1.165) is 18.4 Å². The third kappa shape index (κ3) is 5.25. The number of anilines is 1. The Morgan fingerprint density at radius 2 is 1.93 bits per heavy atom. The average Bonchev–Trinajstić information content (AvgIpc) is 3.08. The van der Waals surface area contributed by atoms with Gasteiger partial charge in [-0.25, -0.2) is 14.2 Å². The second-order valence-corrected chi connectivity index (χ2v) is 12.2. The molecular weight excluding hydrogens is 539 g/mol. The summed E-state index contributed by atoms with van der Waals surface area (Å²) in [7, 11) is 3.09. The number of hydrogen-bond acceptors (Lipinski definition) is 6. The number of carbonyl (C=O) groups excluding carboxylic acids is 1. The predicted molar refractivity (Wildman–Crippen MR) is 151 cm³/mol. The number of pyridine rings is 1. The van der Waals surface area contributed by atoms with Gasteiger partial charge in [-0.2, -0.15) is 0 Å². The number of ether oxygens (including phenoxy) is 2. The summed E-state index contributed by atoms with van der Waals surface area (Å²) in [6.45, 7) is 9.22. The number of carboxylic acid groups (broad SMARTS) is 1. The van der Waals surface area contributed by atoms with Gasteiger partial charge >= 0.3 is 6.09 Å². The molecular formula is C29H38ClFN4O5. The number of halogens is 2. The maximum absolute atomic E-state index is 16.3. The van der Waals surface area contributed by atoms with Crippen molar-refractivity contribution in [2.75, 3.05) is 19.5 Å². The molecule has 2 aromatic rings. The van der Waals surface area contributed by atoms with Crippen LogP contribution in [-0.4, -0.2) is 63.7 Å². The molecule has 2 heterocycles. The van der Waals surface area contributed by atoms with Gasteiger partial charge in [0, 0.05) is 28.8 Å². The Morgan fingerprint density at radius 1 is 1.25 bits per heavy atom. The molecule has 2 N–H and O–H groups in total. The van der Waals surface area contributed by atoms with E-state index in [2.05, 4.69) is 10.3 Å². The van der Waals surface area contributed by atoms with Crippen molar-refractivity contribution in [2.24, 2.45) is 0 Å². The maximum atomic E-state index is 16.3. The van der Waals surface area contributed by atoms with Gasteiger partial charge in [0.2, 0.25) is 0 Å². The maximum Gasteiger partial charge on any atom is 0.408 e. The molecule has 218 valence electrons. The van der Waals surface area contributed by atoms with E-state index in [9.17, 15) is 14.7 Å². The van der Waals surface area contributed by atoms with Crippen LogP contribution in [0.1, 0.15) is 81.8 Å². The minimum atomic E-state index is -1.06. The zero-order valence-corrected chi connectivity index (χ0v) is 24.9. The monoisotopic (exact) mass is 576 g/mol. The minimum absolute atomic E-state index is 0.0317. The molecule has 4 rings (SSSR count). The van der Waals surface area contributed by atoms with E-state index >= 15 is 4.39 Å². The molecule has 11 heteroatoms. The highest BCUT2D eigenvalue weighted by atomic mass is 35.5. The van der Waals surface area contributed by atoms with Crippen LogP contribution in [0.4, 0.5) is 15.0 Å². The number of rotatable bonds is 7. The third-order valence-corrected chi connectivity index (χ3v) is 8.25. The van der Waals surface area contributed by atoms with E-state index < -0.39 is 28.9 Å². The molecule has 1 aliphatic heterocycles. The van der Waals surface area contributed by atoms with E-state index in [-0.39, 0.29) is 40.7 Å². The lowest BCUT2D eigenvalue weighted by Crippen LogP contribution is -2.58. The van der Waals surface area contributed by atoms with Gasteiger partial charge < -0.3 is 24.8 Å². The van der Waals surface area contributed by atoms with E-state index in [1.807, 2.05) is 20.8 Å². The topological polar surface area (TPSA) is 104 Å². The van der Waals surface area contributed by atoms with Gasteiger partial charge in [-0.1, -0.05) is 24.4 Å². The summed E-state index contributed by atoms with van der Waals surface area (Å²) >= 11 is 6.56. The summed E-state index contributed by atoms with van der Waals surface area (Å²) in [4.78, 5) is 33.1. The van der Waals surface area contributed by atoms with Gasteiger partial charge in [-0.15, -0.1) is 0 Å². The third-order valence-electron chi connectivity index (χ3n) is 7.97. The van der Waals surface area contributed by atoms with Gasteiger partial charge in [0.25, 0.3) is 5.91 Å². The second kappa shape index (κ2) is 11.0. The largest absolute Gasteiger partial charge is 0.497 e. The quantitative estimate of drug-likeness (QED) is 0.374. The van der Waals surface area contributed by atoms with Gasteiger partial charge in [0.1, 0.15) is 16.7 Å². The fourth-order valence-electron chi connectivity index (χ4n) is 6.04. The van der Waals surface area contributed by atoms with Crippen LogP contribution in [0, 0.1) is 5.82 Å². The highest BCUT2D eigenvalue weighted by Crippen LogP contribution is 2.46. The number of nitrogens with zero attached hydrogens (tertiary/aromatic N) is 3. The molecule has 0 bridgehead atoms. The van der Waals surface area contributed by atoms with Crippen LogP contribution in [0.3, 0.4) is 0 Å². The summed E-state index contributed by atoms with van der Waals surface area (Å²) in [6.07, 6.45) is 2.00. The summed E-state index contributed by atoms with van der Waals surface area (Å²) in [5, 5.41) is 13.1. The first-order valence-corrected chi connectivity index (χ1v) is 13.8. The number of amides is 2. The molecule has 9 nitrogen and oxygen atoms in total. The highest BCUT2D eigenvalue weighted by molar-refractivity contribution is 6.33. The van der Waals surface area contributed by atoms with Crippen LogP contribution in [0.2, 0.25) is 5.15 Å². The van der Waals surface area contributed by atoms with Gasteiger partial charge in [0.15, 0.2) is 11.6 Å². The lowest BCUT2D eigenvalue weighted by atomic mass is 9.86. The first-order valence-electron chi connectivity index (χ1n) is 13.4. The number of methoxy groups -OCH3 is 2. The first-order chi connectivity index (χ1) is 18.7. The van der Waals surface area contributed by atoms with E-state index in [4.69, 9.17) is 21.1 Å². The number of nitrogens with one attached hydrogen (secondary N) is 1. The van der Waals surface area contributed by atoms with E-state index in [1.54, 1.807) is 44.1 Å². The smallest absolute Gasteiger partial charge is 0.408 e. The number of aromatic nitrogens is 1. The summed E-state index contributed by atoms with van der Waals surface area (Å²) in [5.41, 5.74) is -0.793. The molecule has 2 aliphatic rings. The zero-order valence-electron chi connectivity index (χ0n) is 24.1. The molecule has 0 unspecified atom stereocenters. The Morgan fingerprint density at radius 3 is 2.52 bits per heavy atom. The Balaban J connectivity index is 1.70. The van der Waals surface area contributed by atoms with Crippen LogP contribution in [0.25, 0.3) is 0 Å². The van der Waals surface area contributed by atoms with Crippen LogP contribution >= 0.6 is 11.6 Å². The second-order valence-electron chi connectivity index (χ2n) is 11.9. The summed E-state index contributed by atoms with van der Waals surface area (Å²) < 4.78 is 27.1. The van der Waals surface area contributed by atoms with Crippen molar-refractivity contribution in [1.82, 2.24) is 14.8 Å². The molecule has 0 radical (unpaired) electrons. The first kappa shape index (κ1) is 29.7. The molecule has 1 aromatic heterocycles. The van der Waals surface area contributed by atoms with Crippen LogP contribution in [-0.2, 0) is 12.1 Å². The fourth-order valence-corrected chi connectivity index (χ4v) is 6.30. The van der Waals surface area contributed by atoms with E-state index in [0.29, 0.717) is 24.3 Å². The van der Waals surface area contributed by atoms with Gasteiger partial charge in [-0.05, 0) is 59.6 Å². The van der Waals surface area contributed by atoms with E-state index in [1.165, 1.54) is 12.0 Å². The number of carbonyl (C=O) groups is 2. The molecule has 2 amide bonds. The Kier molecular flexibility index (Phi) is 8.13. The lowest BCUT2D eigenvalue weighted by molar-refractivity contribution is 0.0519. The number of hydrogen-bond donors (Lipinski definition) is 2. The summed E-state index contributed by atoms with van der Waals surface area (Å²) in [5.74, 6) is -0.0235. The average molecular weight is 577 g/mol.